The van der Waals surface area contributed by atoms with Crippen molar-refractivity contribution in [3.63, 3.8) is 0 Å². The van der Waals surface area contributed by atoms with E-state index >= 15 is 0 Å². The van der Waals surface area contributed by atoms with Crippen LogP contribution in [0.25, 0.3) is 0 Å². The van der Waals surface area contributed by atoms with Crippen molar-refractivity contribution in [1.29, 1.82) is 0 Å². The summed E-state index contributed by atoms with van der Waals surface area (Å²) in [5, 5.41) is 7.90. The number of alkyl halides is 3. The maximum Gasteiger partial charge on any atom is 0.416 e. The average molecular weight is 304 g/mol. The predicted molar refractivity (Wildman–Crippen MR) is 75.1 cm³/mol. The second-order valence-electron chi connectivity index (χ2n) is 4.90. The highest BCUT2D eigenvalue weighted by atomic mass is 19.4. The number of aromatic nitrogens is 1. The van der Waals surface area contributed by atoms with Crippen LogP contribution in [-0.2, 0) is 11.0 Å². The molecule has 21 heavy (non-hydrogen) atoms. The van der Waals surface area contributed by atoms with E-state index in [1.54, 1.807) is 20.8 Å². The SMILES string of the molecule is CNc1cc(C(F)(F)F)cc(NC(C)C(=O)NC(C)C)n1. The fourth-order valence-corrected chi connectivity index (χ4v) is 1.59. The maximum absolute atomic E-state index is 12.8. The molecule has 0 radical (unpaired) electrons. The predicted octanol–water partition coefficient (Wildman–Crippen LogP) is 2.47. The van der Waals surface area contributed by atoms with Gasteiger partial charge in [-0.1, -0.05) is 0 Å². The Balaban J connectivity index is 2.95. The van der Waals surface area contributed by atoms with Crippen molar-refractivity contribution < 1.29 is 18.0 Å². The van der Waals surface area contributed by atoms with Gasteiger partial charge in [-0.2, -0.15) is 13.2 Å². The zero-order valence-corrected chi connectivity index (χ0v) is 12.3. The van der Waals surface area contributed by atoms with Crippen molar-refractivity contribution in [1.82, 2.24) is 10.3 Å². The average Bonchev–Trinajstić information content (AvgIpc) is 2.36. The van der Waals surface area contributed by atoms with Gasteiger partial charge in [-0.25, -0.2) is 4.98 Å². The normalized spacial score (nSPS) is 13.0. The number of carbonyl (C=O) groups excluding carboxylic acids is 1. The van der Waals surface area contributed by atoms with Crippen molar-refractivity contribution in [2.24, 2.45) is 0 Å². The van der Waals surface area contributed by atoms with Gasteiger partial charge >= 0.3 is 6.18 Å². The summed E-state index contributed by atoms with van der Waals surface area (Å²) >= 11 is 0. The summed E-state index contributed by atoms with van der Waals surface area (Å²) in [6.45, 7) is 5.15. The Morgan fingerprint density at radius 1 is 1.19 bits per heavy atom. The minimum atomic E-state index is -4.48. The first-order valence-electron chi connectivity index (χ1n) is 6.47. The van der Waals surface area contributed by atoms with E-state index in [4.69, 9.17) is 0 Å². The molecule has 1 amide bonds. The molecule has 1 unspecified atom stereocenters. The van der Waals surface area contributed by atoms with Gasteiger partial charge in [0.2, 0.25) is 5.91 Å². The van der Waals surface area contributed by atoms with Crippen molar-refractivity contribution in [2.45, 2.75) is 39.0 Å². The summed E-state index contributed by atoms with van der Waals surface area (Å²) in [6, 6.07) is 1.03. The topological polar surface area (TPSA) is 66.0 Å². The molecule has 0 aliphatic heterocycles. The van der Waals surface area contributed by atoms with Gasteiger partial charge in [-0.05, 0) is 32.9 Å². The minimum absolute atomic E-state index is 0.0134. The third-order valence-electron chi connectivity index (χ3n) is 2.60. The molecule has 1 heterocycles. The summed E-state index contributed by atoms with van der Waals surface area (Å²) in [4.78, 5) is 15.7. The lowest BCUT2D eigenvalue weighted by Gasteiger charge is -2.18. The highest BCUT2D eigenvalue weighted by Gasteiger charge is 2.32. The number of halogens is 3. The number of hydrogen-bond donors (Lipinski definition) is 3. The van der Waals surface area contributed by atoms with Crippen molar-refractivity contribution in [3.05, 3.63) is 17.7 Å². The highest BCUT2D eigenvalue weighted by molar-refractivity contribution is 5.84. The van der Waals surface area contributed by atoms with Crippen LogP contribution in [0.4, 0.5) is 24.8 Å². The van der Waals surface area contributed by atoms with E-state index < -0.39 is 17.8 Å². The molecule has 0 spiro atoms. The number of hydrogen-bond acceptors (Lipinski definition) is 4. The Morgan fingerprint density at radius 3 is 2.24 bits per heavy atom. The Hall–Kier alpha value is -1.99. The van der Waals surface area contributed by atoms with Crippen LogP contribution < -0.4 is 16.0 Å². The van der Waals surface area contributed by atoms with E-state index in [1.807, 2.05) is 0 Å². The van der Waals surface area contributed by atoms with Crippen LogP contribution in [0.15, 0.2) is 12.1 Å². The van der Waals surface area contributed by atoms with Crippen LogP contribution in [-0.4, -0.2) is 30.0 Å². The Labute approximate surface area is 121 Å². The molecule has 0 fully saturated rings. The van der Waals surface area contributed by atoms with Crippen LogP contribution in [0.2, 0.25) is 0 Å². The molecule has 0 aliphatic carbocycles. The first kappa shape index (κ1) is 17.1. The van der Waals surface area contributed by atoms with Gasteiger partial charge < -0.3 is 16.0 Å². The van der Waals surface area contributed by atoms with Crippen LogP contribution in [0.1, 0.15) is 26.3 Å². The molecule has 0 saturated carbocycles. The van der Waals surface area contributed by atoms with E-state index in [1.165, 1.54) is 7.05 Å². The Kier molecular flexibility index (Phi) is 5.40. The largest absolute Gasteiger partial charge is 0.416 e. The molecular formula is C13H19F3N4O. The molecule has 5 nitrogen and oxygen atoms in total. The fourth-order valence-electron chi connectivity index (χ4n) is 1.59. The summed E-state index contributed by atoms with van der Waals surface area (Å²) in [5.41, 5.74) is -0.833. The molecule has 0 aromatic carbocycles. The molecule has 3 N–H and O–H groups in total. The van der Waals surface area contributed by atoms with Crippen LogP contribution in [0.3, 0.4) is 0 Å². The van der Waals surface area contributed by atoms with Gasteiger partial charge in [0.1, 0.15) is 17.7 Å². The lowest BCUT2D eigenvalue weighted by molar-refractivity contribution is -0.137. The number of rotatable bonds is 5. The molecule has 1 rings (SSSR count). The molecule has 0 aliphatic rings. The smallest absolute Gasteiger partial charge is 0.373 e. The summed E-state index contributed by atoms with van der Waals surface area (Å²) in [6.07, 6.45) is -4.48. The number of carbonyl (C=O) groups is 1. The van der Waals surface area contributed by atoms with Gasteiger partial charge in [0.05, 0.1) is 5.56 Å². The van der Waals surface area contributed by atoms with Gasteiger partial charge in [-0.15, -0.1) is 0 Å². The Bertz CT molecular complexity index is 503. The van der Waals surface area contributed by atoms with Gasteiger partial charge in [0.15, 0.2) is 0 Å². The van der Waals surface area contributed by atoms with Crippen molar-refractivity contribution >= 4 is 17.5 Å². The zero-order chi connectivity index (χ0) is 16.2. The van der Waals surface area contributed by atoms with E-state index in [-0.39, 0.29) is 23.6 Å². The van der Waals surface area contributed by atoms with Crippen LogP contribution in [0, 0.1) is 0 Å². The number of nitrogens with zero attached hydrogens (tertiary/aromatic N) is 1. The lowest BCUT2D eigenvalue weighted by Crippen LogP contribution is -2.41. The lowest BCUT2D eigenvalue weighted by atomic mass is 10.2. The first-order valence-corrected chi connectivity index (χ1v) is 6.47. The Morgan fingerprint density at radius 2 is 1.76 bits per heavy atom. The second-order valence-corrected chi connectivity index (χ2v) is 4.90. The third kappa shape index (κ3) is 5.13. The van der Waals surface area contributed by atoms with Crippen LogP contribution in [0.5, 0.6) is 0 Å². The monoisotopic (exact) mass is 304 g/mol. The van der Waals surface area contributed by atoms with E-state index in [9.17, 15) is 18.0 Å². The highest BCUT2D eigenvalue weighted by Crippen LogP contribution is 2.32. The molecule has 1 aromatic rings. The molecule has 118 valence electrons. The number of pyridine rings is 1. The number of anilines is 2. The maximum atomic E-state index is 12.8. The summed E-state index contributed by atoms with van der Waals surface area (Å²) < 4.78 is 38.4. The second kappa shape index (κ2) is 6.64. The third-order valence-corrected chi connectivity index (χ3v) is 2.60. The molecule has 8 heteroatoms. The van der Waals surface area contributed by atoms with Gasteiger partial charge in [0.25, 0.3) is 0 Å². The quantitative estimate of drug-likeness (QED) is 0.782. The zero-order valence-electron chi connectivity index (χ0n) is 12.3. The van der Waals surface area contributed by atoms with Gasteiger partial charge in [-0.3, -0.25) is 4.79 Å². The van der Waals surface area contributed by atoms with E-state index in [2.05, 4.69) is 20.9 Å². The van der Waals surface area contributed by atoms with Gasteiger partial charge in [0, 0.05) is 13.1 Å². The van der Waals surface area contributed by atoms with Crippen molar-refractivity contribution in [2.75, 3.05) is 17.7 Å². The van der Waals surface area contributed by atoms with E-state index in [0.29, 0.717) is 0 Å². The fraction of sp³-hybridized carbons (Fsp3) is 0.538. The minimum Gasteiger partial charge on any atom is -0.373 e. The molecule has 1 aromatic heterocycles. The summed E-state index contributed by atoms with van der Waals surface area (Å²) in [5.74, 6) is -0.250. The molecule has 0 saturated heterocycles. The summed E-state index contributed by atoms with van der Waals surface area (Å²) in [7, 11) is 1.47. The standard InChI is InChI=1S/C13H19F3N4O/c1-7(2)18-12(21)8(3)19-11-6-9(13(14,15)16)5-10(17-4)20-11/h5-8H,1-4H3,(H,18,21)(H2,17,19,20). The van der Waals surface area contributed by atoms with E-state index in [0.717, 1.165) is 12.1 Å². The molecule has 1 atom stereocenters. The first-order chi connectivity index (χ1) is 9.63. The number of nitrogens with one attached hydrogen (secondary N) is 3. The number of amides is 1. The van der Waals surface area contributed by atoms with Crippen molar-refractivity contribution in [3.8, 4) is 0 Å². The van der Waals surface area contributed by atoms with Crippen LogP contribution >= 0.6 is 0 Å². The molecule has 0 bridgehead atoms. The molecular weight excluding hydrogens is 285 g/mol.